The average Bonchev–Trinajstić information content (AvgIpc) is 3.01. The van der Waals surface area contributed by atoms with Crippen molar-refractivity contribution in [1.29, 1.82) is 0 Å². The van der Waals surface area contributed by atoms with Crippen LogP contribution in [-0.2, 0) is 4.79 Å². The molecule has 0 fully saturated rings. The molecule has 1 atom stereocenters. The maximum Gasteiger partial charge on any atom is 1.00 e. The van der Waals surface area contributed by atoms with E-state index in [4.69, 9.17) is 0 Å². The van der Waals surface area contributed by atoms with E-state index in [2.05, 4.69) is 4.99 Å². The maximum atomic E-state index is 13.1. The Balaban J connectivity index is 0.00000420. The second-order valence-electron chi connectivity index (χ2n) is 8.41. The van der Waals surface area contributed by atoms with Crippen molar-refractivity contribution in [3.05, 3.63) is 59.8 Å². The first kappa shape index (κ1) is 25.3. The van der Waals surface area contributed by atoms with Crippen LogP contribution in [0.3, 0.4) is 0 Å². The van der Waals surface area contributed by atoms with Crippen molar-refractivity contribution in [3.8, 4) is 0 Å². The molecule has 1 aliphatic rings. The minimum atomic E-state index is -0.400. The molecule has 0 aromatic heterocycles. The fraction of sp³-hybridized carbons (Fsp3) is 0.500. The predicted molar refractivity (Wildman–Crippen MR) is 114 cm³/mol. The van der Waals surface area contributed by atoms with Gasteiger partial charge in [0.15, 0.2) is 0 Å². The molecule has 152 valence electrons. The third kappa shape index (κ3) is 5.44. The Bertz CT molecular complexity index is 764. The van der Waals surface area contributed by atoms with E-state index >= 15 is 0 Å². The van der Waals surface area contributed by atoms with Crippen molar-refractivity contribution >= 4 is 11.8 Å². The van der Waals surface area contributed by atoms with Crippen LogP contribution in [0.1, 0.15) is 72.4 Å². The third-order valence-electron chi connectivity index (χ3n) is 5.88. The van der Waals surface area contributed by atoms with E-state index in [9.17, 15) is 9.90 Å². The van der Waals surface area contributed by atoms with Crippen molar-refractivity contribution in [2.45, 2.75) is 72.4 Å². The zero-order valence-electron chi connectivity index (χ0n) is 19.0. The van der Waals surface area contributed by atoms with Crippen LogP contribution in [0.15, 0.2) is 59.2 Å². The first-order valence-corrected chi connectivity index (χ1v) is 10.2. The number of carbonyl (C=O) groups is 1. The van der Waals surface area contributed by atoms with Crippen molar-refractivity contribution < 1.29 is 28.8 Å². The van der Waals surface area contributed by atoms with E-state index in [1.54, 1.807) is 6.08 Å². The fourth-order valence-corrected chi connectivity index (χ4v) is 3.85. The largest absolute Gasteiger partial charge is 1.00 e. The zero-order valence-corrected chi connectivity index (χ0v) is 19.0. The van der Waals surface area contributed by atoms with Crippen LogP contribution in [0.2, 0.25) is 0 Å². The SMILES string of the molecule is CCC(CC)(CC)C([O-])=N/C=C\C1=CC(c2ccccc2)N(C(C)(C)C)C1=O.[Li+]. The molecule has 1 aliphatic heterocycles. The Kier molecular flexibility index (Phi) is 9.00. The van der Waals surface area contributed by atoms with Crippen molar-refractivity contribution in [1.82, 2.24) is 4.90 Å². The molecule has 0 bridgehead atoms. The maximum absolute atomic E-state index is 13.1. The summed E-state index contributed by atoms with van der Waals surface area (Å²) in [6.45, 7) is 12.2. The van der Waals surface area contributed by atoms with Gasteiger partial charge in [0.1, 0.15) is 0 Å². The molecule has 2 rings (SSSR count). The number of rotatable bonds is 7. The molecule has 1 aromatic rings. The van der Waals surface area contributed by atoms with E-state index in [-0.39, 0.29) is 42.2 Å². The Morgan fingerprint density at radius 3 is 2.14 bits per heavy atom. The molecule has 1 heterocycles. The van der Waals surface area contributed by atoms with Gasteiger partial charge in [-0.15, -0.1) is 0 Å². The summed E-state index contributed by atoms with van der Waals surface area (Å²) in [5.41, 5.74) is 0.931. The Morgan fingerprint density at radius 2 is 1.66 bits per heavy atom. The second kappa shape index (κ2) is 10.3. The normalized spacial score (nSPS) is 18.2. The van der Waals surface area contributed by atoms with Crippen LogP contribution < -0.4 is 24.0 Å². The van der Waals surface area contributed by atoms with Gasteiger partial charge in [0.05, 0.1) is 6.04 Å². The van der Waals surface area contributed by atoms with E-state index in [1.165, 1.54) is 6.20 Å². The monoisotopic (exact) mass is 388 g/mol. The van der Waals surface area contributed by atoms with Crippen molar-refractivity contribution in [2.24, 2.45) is 10.4 Å². The van der Waals surface area contributed by atoms with Crippen LogP contribution in [0.25, 0.3) is 0 Å². The molecule has 0 radical (unpaired) electrons. The molecule has 0 spiro atoms. The molecular weight excluding hydrogens is 355 g/mol. The number of carbonyl (C=O) groups excluding carboxylic acids is 1. The van der Waals surface area contributed by atoms with Crippen LogP contribution >= 0.6 is 0 Å². The Hall–Kier alpha value is -1.76. The molecule has 29 heavy (non-hydrogen) atoms. The van der Waals surface area contributed by atoms with Gasteiger partial charge in [-0.3, -0.25) is 9.79 Å². The molecule has 1 unspecified atom stereocenters. The van der Waals surface area contributed by atoms with Gasteiger partial charge in [-0.1, -0.05) is 51.1 Å². The minimum absolute atomic E-state index is 0. The van der Waals surface area contributed by atoms with Crippen molar-refractivity contribution in [3.63, 3.8) is 0 Å². The zero-order chi connectivity index (χ0) is 20.9. The van der Waals surface area contributed by atoms with Crippen LogP contribution in [0, 0.1) is 5.41 Å². The third-order valence-corrected chi connectivity index (χ3v) is 5.88. The fourth-order valence-electron chi connectivity index (χ4n) is 3.85. The number of aliphatic imine (C=N–C) groups is 1. The molecular formula is C24H33LiN2O2. The van der Waals surface area contributed by atoms with Gasteiger partial charge in [0, 0.05) is 17.3 Å². The first-order chi connectivity index (χ1) is 13.2. The first-order valence-electron chi connectivity index (χ1n) is 10.2. The number of hydrogen-bond donors (Lipinski definition) is 0. The van der Waals surface area contributed by atoms with Crippen LogP contribution in [0.5, 0.6) is 0 Å². The van der Waals surface area contributed by atoms with Gasteiger partial charge in [-0.05, 0) is 69.1 Å². The molecule has 5 heteroatoms. The molecule has 0 N–H and O–H groups in total. The Labute approximate surface area is 188 Å². The van der Waals surface area contributed by atoms with E-state index in [0.29, 0.717) is 5.57 Å². The van der Waals surface area contributed by atoms with Gasteiger partial charge in [-0.25, -0.2) is 0 Å². The summed E-state index contributed by atoms with van der Waals surface area (Å²) < 4.78 is 0. The van der Waals surface area contributed by atoms with Crippen LogP contribution in [-0.4, -0.2) is 22.2 Å². The van der Waals surface area contributed by atoms with Gasteiger partial charge >= 0.3 is 18.9 Å². The van der Waals surface area contributed by atoms with Crippen molar-refractivity contribution in [2.75, 3.05) is 0 Å². The predicted octanol–water partition coefficient (Wildman–Crippen LogP) is 1.79. The summed E-state index contributed by atoms with van der Waals surface area (Å²) >= 11 is 0. The second-order valence-corrected chi connectivity index (χ2v) is 8.41. The topological polar surface area (TPSA) is 55.7 Å². The van der Waals surface area contributed by atoms with Gasteiger partial charge in [-0.2, -0.15) is 0 Å². The van der Waals surface area contributed by atoms with E-state index < -0.39 is 5.41 Å². The van der Waals surface area contributed by atoms with Gasteiger partial charge in [0.25, 0.3) is 5.91 Å². The molecule has 1 aromatic carbocycles. The number of benzene rings is 1. The standard InChI is InChI=1S/C24H34N2O2.Li/c1-7-24(8-2,9-3)22(28)25-16-15-19-17-20(18-13-11-10-12-14-18)26(21(19)27)23(4,5)6;/h10-17,20H,7-9H2,1-6H3,(H,25,28);/q;+1/p-1/b16-15-;. The summed E-state index contributed by atoms with van der Waals surface area (Å²) in [6, 6.07) is 9.88. The summed E-state index contributed by atoms with van der Waals surface area (Å²) in [6.07, 6.45) is 7.44. The molecule has 1 amide bonds. The smallest absolute Gasteiger partial charge is 0.861 e. The van der Waals surface area contributed by atoms with Crippen LogP contribution in [0.4, 0.5) is 0 Å². The molecule has 0 saturated heterocycles. The summed E-state index contributed by atoms with van der Waals surface area (Å²) in [7, 11) is 0. The number of hydrogen-bond acceptors (Lipinski definition) is 3. The molecule has 0 saturated carbocycles. The number of amides is 1. The quantitative estimate of drug-likeness (QED) is 0.406. The summed E-state index contributed by atoms with van der Waals surface area (Å²) in [5.74, 6) is -0.137. The molecule has 4 nitrogen and oxygen atoms in total. The molecule has 0 aliphatic carbocycles. The summed E-state index contributed by atoms with van der Waals surface area (Å²) in [5, 5.41) is 12.6. The van der Waals surface area contributed by atoms with E-state index in [1.807, 2.05) is 82.9 Å². The van der Waals surface area contributed by atoms with Gasteiger partial charge in [0.2, 0.25) is 0 Å². The van der Waals surface area contributed by atoms with Gasteiger partial charge < -0.3 is 10.0 Å². The average molecular weight is 388 g/mol. The minimum Gasteiger partial charge on any atom is -0.861 e. The number of nitrogens with zero attached hydrogens (tertiary/aromatic N) is 2. The van der Waals surface area contributed by atoms with E-state index in [0.717, 1.165) is 24.8 Å². The Morgan fingerprint density at radius 1 is 1.10 bits per heavy atom. The summed E-state index contributed by atoms with van der Waals surface area (Å²) in [4.78, 5) is 19.1.